The molecule has 7 nitrogen and oxygen atoms in total. The Morgan fingerprint density at radius 1 is 1.50 bits per heavy atom. The van der Waals surface area contributed by atoms with E-state index in [1.165, 1.54) is 29.5 Å². The zero-order chi connectivity index (χ0) is 16.3. The second-order valence-electron chi connectivity index (χ2n) is 4.37. The summed E-state index contributed by atoms with van der Waals surface area (Å²) in [6.45, 7) is 3.38. The fourth-order valence-electron chi connectivity index (χ4n) is 1.58. The van der Waals surface area contributed by atoms with Gasteiger partial charge in [-0.1, -0.05) is 11.6 Å². The Balaban J connectivity index is 2.01. The fraction of sp³-hybridized carbons (Fsp3) is 0.231. The van der Waals surface area contributed by atoms with Gasteiger partial charge in [-0.25, -0.2) is 4.98 Å². The Labute approximate surface area is 135 Å². The molecule has 1 heterocycles. The standard InChI is InChI=1S/C13H12ClN3O4S/c1-7-8(2)22-13(15-7)16-12(18)6-21-11-4-3-9(14)5-10(11)17(19)20/h3-5H,6H2,1-2H3,(H,15,16,18). The molecule has 1 N–H and O–H groups in total. The van der Waals surface area contributed by atoms with Gasteiger partial charge in [0.15, 0.2) is 17.5 Å². The average Bonchev–Trinajstić information content (AvgIpc) is 2.75. The molecule has 0 saturated carbocycles. The maximum atomic E-state index is 11.8. The van der Waals surface area contributed by atoms with Crippen LogP contribution in [0.25, 0.3) is 0 Å². The number of amides is 1. The number of nitro groups is 1. The first kappa shape index (κ1) is 16.2. The van der Waals surface area contributed by atoms with Crippen molar-refractivity contribution >= 4 is 39.7 Å². The van der Waals surface area contributed by atoms with Crippen LogP contribution in [-0.2, 0) is 4.79 Å². The van der Waals surface area contributed by atoms with Crippen molar-refractivity contribution in [3.05, 3.63) is 43.9 Å². The lowest BCUT2D eigenvalue weighted by Gasteiger charge is -2.06. The summed E-state index contributed by atoms with van der Waals surface area (Å²) < 4.78 is 5.19. The van der Waals surface area contributed by atoms with Gasteiger partial charge in [0.1, 0.15) is 0 Å². The van der Waals surface area contributed by atoms with Gasteiger partial charge in [0, 0.05) is 16.0 Å². The van der Waals surface area contributed by atoms with Crippen LogP contribution in [0.4, 0.5) is 10.8 Å². The molecule has 2 rings (SSSR count). The van der Waals surface area contributed by atoms with Crippen LogP contribution >= 0.6 is 22.9 Å². The first-order chi connectivity index (χ1) is 10.4. The molecule has 0 fully saturated rings. The highest BCUT2D eigenvalue weighted by Crippen LogP contribution is 2.29. The molecule has 0 aliphatic carbocycles. The lowest BCUT2D eigenvalue weighted by Crippen LogP contribution is -2.20. The molecule has 1 aromatic heterocycles. The number of rotatable bonds is 5. The number of nitro benzene ring substituents is 1. The number of carbonyl (C=O) groups is 1. The number of aryl methyl sites for hydroxylation is 2. The van der Waals surface area contributed by atoms with Crippen LogP contribution in [0.5, 0.6) is 5.75 Å². The molecule has 0 radical (unpaired) electrons. The minimum atomic E-state index is -0.618. The van der Waals surface area contributed by atoms with E-state index in [0.717, 1.165) is 10.6 Å². The molecule has 0 aliphatic heterocycles. The molecule has 1 amide bonds. The molecular formula is C13H12ClN3O4S. The molecule has 0 spiro atoms. The van der Waals surface area contributed by atoms with Crippen LogP contribution in [0.3, 0.4) is 0 Å². The van der Waals surface area contributed by atoms with Gasteiger partial charge in [-0.15, -0.1) is 11.3 Å². The lowest BCUT2D eigenvalue weighted by molar-refractivity contribution is -0.385. The van der Waals surface area contributed by atoms with Gasteiger partial charge >= 0.3 is 5.69 Å². The Hall–Kier alpha value is -2.19. The molecule has 116 valence electrons. The summed E-state index contributed by atoms with van der Waals surface area (Å²) >= 11 is 7.05. The molecule has 9 heteroatoms. The number of nitrogens with one attached hydrogen (secondary N) is 1. The van der Waals surface area contributed by atoms with Crippen molar-refractivity contribution in [2.75, 3.05) is 11.9 Å². The van der Waals surface area contributed by atoms with E-state index in [4.69, 9.17) is 16.3 Å². The van der Waals surface area contributed by atoms with Crippen LogP contribution in [0.1, 0.15) is 10.6 Å². The van der Waals surface area contributed by atoms with E-state index >= 15 is 0 Å². The van der Waals surface area contributed by atoms with E-state index in [1.807, 2.05) is 13.8 Å². The summed E-state index contributed by atoms with van der Waals surface area (Å²) in [4.78, 5) is 27.3. The summed E-state index contributed by atoms with van der Waals surface area (Å²) in [6.07, 6.45) is 0. The van der Waals surface area contributed by atoms with Gasteiger partial charge in [0.25, 0.3) is 5.91 Å². The molecule has 0 saturated heterocycles. The summed E-state index contributed by atoms with van der Waals surface area (Å²) in [5.74, 6) is -0.464. The minimum Gasteiger partial charge on any atom is -0.477 e. The Morgan fingerprint density at radius 2 is 2.23 bits per heavy atom. The highest BCUT2D eigenvalue weighted by Gasteiger charge is 2.17. The number of anilines is 1. The fourth-order valence-corrected chi connectivity index (χ4v) is 2.58. The Bertz CT molecular complexity index is 713. The third-order valence-corrected chi connectivity index (χ3v) is 3.97. The monoisotopic (exact) mass is 341 g/mol. The van der Waals surface area contributed by atoms with Crippen LogP contribution < -0.4 is 10.1 Å². The zero-order valence-electron chi connectivity index (χ0n) is 11.8. The number of aromatic nitrogens is 1. The van der Waals surface area contributed by atoms with E-state index < -0.39 is 10.8 Å². The first-order valence-electron chi connectivity index (χ1n) is 6.17. The summed E-state index contributed by atoms with van der Waals surface area (Å²) in [5.41, 5.74) is 0.552. The van der Waals surface area contributed by atoms with Crippen LogP contribution in [-0.4, -0.2) is 22.4 Å². The molecular weight excluding hydrogens is 330 g/mol. The second-order valence-corrected chi connectivity index (χ2v) is 6.01. The lowest BCUT2D eigenvalue weighted by atomic mass is 10.3. The third kappa shape index (κ3) is 3.92. The van der Waals surface area contributed by atoms with E-state index in [-0.39, 0.29) is 23.1 Å². The number of thiazole rings is 1. The molecule has 0 aliphatic rings. The van der Waals surface area contributed by atoms with Crippen molar-refractivity contribution in [2.45, 2.75) is 13.8 Å². The number of halogens is 1. The summed E-state index contributed by atoms with van der Waals surface area (Å²) in [5, 5.41) is 14.2. The number of hydrogen-bond donors (Lipinski definition) is 1. The van der Waals surface area contributed by atoms with Crippen LogP contribution in [0.2, 0.25) is 5.02 Å². The van der Waals surface area contributed by atoms with Crippen molar-refractivity contribution in [2.24, 2.45) is 0 Å². The molecule has 1 aromatic carbocycles. The van der Waals surface area contributed by atoms with Crippen molar-refractivity contribution in [1.29, 1.82) is 0 Å². The van der Waals surface area contributed by atoms with Gasteiger partial charge in [-0.2, -0.15) is 0 Å². The Kier molecular flexibility index (Phi) is 4.94. The smallest absolute Gasteiger partial charge is 0.312 e. The predicted molar refractivity (Wildman–Crippen MR) is 83.8 cm³/mol. The van der Waals surface area contributed by atoms with Crippen LogP contribution in [0.15, 0.2) is 18.2 Å². The quantitative estimate of drug-likeness (QED) is 0.664. The SMILES string of the molecule is Cc1nc(NC(=O)COc2ccc(Cl)cc2[N+](=O)[O-])sc1C. The molecule has 0 bridgehead atoms. The topological polar surface area (TPSA) is 94.4 Å². The van der Waals surface area contributed by atoms with E-state index in [0.29, 0.717) is 5.13 Å². The van der Waals surface area contributed by atoms with Crippen molar-refractivity contribution in [3.63, 3.8) is 0 Å². The maximum absolute atomic E-state index is 11.8. The van der Waals surface area contributed by atoms with Gasteiger partial charge in [-0.3, -0.25) is 20.2 Å². The molecule has 22 heavy (non-hydrogen) atoms. The number of carbonyl (C=O) groups excluding carboxylic acids is 1. The van der Waals surface area contributed by atoms with Crippen LogP contribution in [0, 0.1) is 24.0 Å². The van der Waals surface area contributed by atoms with Crippen molar-refractivity contribution < 1.29 is 14.5 Å². The maximum Gasteiger partial charge on any atom is 0.312 e. The second kappa shape index (κ2) is 6.71. The van der Waals surface area contributed by atoms with Gasteiger partial charge in [0.05, 0.1) is 10.6 Å². The summed E-state index contributed by atoms with van der Waals surface area (Å²) in [7, 11) is 0. The predicted octanol–water partition coefficient (Wildman–Crippen LogP) is 3.34. The molecule has 2 aromatic rings. The number of benzene rings is 1. The number of hydrogen-bond acceptors (Lipinski definition) is 6. The number of nitrogens with zero attached hydrogens (tertiary/aromatic N) is 2. The van der Waals surface area contributed by atoms with Gasteiger partial charge in [0.2, 0.25) is 0 Å². The van der Waals surface area contributed by atoms with Gasteiger partial charge < -0.3 is 4.74 Å². The van der Waals surface area contributed by atoms with Gasteiger partial charge in [-0.05, 0) is 26.0 Å². The zero-order valence-corrected chi connectivity index (χ0v) is 13.3. The average molecular weight is 342 g/mol. The normalized spacial score (nSPS) is 10.3. The summed E-state index contributed by atoms with van der Waals surface area (Å²) in [6, 6.07) is 3.98. The van der Waals surface area contributed by atoms with E-state index in [1.54, 1.807) is 0 Å². The highest BCUT2D eigenvalue weighted by atomic mass is 35.5. The molecule has 0 unspecified atom stereocenters. The molecule has 0 atom stereocenters. The van der Waals surface area contributed by atoms with Crippen molar-refractivity contribution in [1.82, 2.24) is 4.98 Å². The van der Waals surface area contributed by atoms with E-state index in [9.17, 15) is 14.9 Å². The van der Waals surface area contributed by atoms with Crippen molar-refractivity contribution in [3.8, 4) is 5.75 Å². The highest BCUT2D eigenvalue weighted by molar-refractivity contribution is 7.15. The Morgan fingerprint density at radius 3 is 2.82 bits per heavy atom. The first-order valence-corrected chi connectivity index (χ1v) is 7.37. The largest absolute Gasteiger partial charge is 0.477 e. The minimum absolute atomic E-state index is 0.0175. The third-order valence-electron chi connectivity index (χ3n) is 2.75. The number of ether oxygens (including phenoxy) is 1. The van der Waals surface area contributed by atoms with E-state index in [2.05, 4.69) is 10.3 Å².